The Morgan fingerprint density at radius 2 is 2.00 bits per heavy atom. The first kappa shape index (κ1) is 11.1. The Hall–Kier alpha value is -2.01. The van der Waals surface area contributed by atoms with Gasteiger partial charge < -0.3 is 10.1 Å². The molecule has 1 N–H and O–H groups in total. The molecule has 2 heterocycles. The summed E-state index contributed by atoms with van der Waals surface area (Å²) in [7, 11) is 1.61. The average Bonchev–Trinajstić information content (AvgIpc) is 2.47. The second kappa shape index (κ2) is 4.70. The fraction of sp³-hybridized carbons (Fsp3) is 0.0769. The molecule has 1 aliphatic rings. The predicted octanol–water partition coefficient (Wildman–Crippen LogP) is 3.00. The number of hydrogen-bond donors (Lipinski definition) is 1. The quantitative estimate of drug-likeness (QED) is 0.838. The minimum absolute atomic E-state index is 0.564. The number of rotatable bonds is 2. The minimum Gasteiger partial charge on any atom is -0.479 e. The summed E-state index contributed by atoms with van der Waals surface area (Å²) in [5.74, 6) is 0.564. The molecular formula is C13H11N3OS. The van der Waals surface area contributed by atoms with Gasteiger partial charge in [0, 0.05) is 5.41 Å². The van der Waals surface area contributed by atoms with Crippen LogP contribution >= 0.6 is 11.8 Å². The summed E-state index contributed by atoms with van der Waals surface area (Å²) in [5.41, 5.74) is 2.98. The van der Waals surface area contributed by atoms with E-state index in [0.717, 1.165) is 22.0 Å². The van der Waals surface area contributed by atoms with Crippen LogP contribution in [0.15, 0.2) is 47.1 Å². The molecule has 0 fully saturated rings. The SMILES string of the molecule is COc1ncnc2c1NC(c1ccccc1)=CS2. The summed E-state index contributed by atoms with van der Waals surface area (Å²) < 4.78 is 5.24. The Bertz CT molecular complexity index is 598. The van der Waals surface area contributed by atoms with E-state index in [4.69, 9.17) is 4.74 Å². The third-order valence-corrected chi connectivity index (χ3v) is 3.49. The number of anilines is 1. The highest BCUT2D eigenvalue weighted by atomic mass is 32.2. The van der Waals surface area contributed by atoms with Crippen LogP contribution in [0, 0.1) is 0 Å². The summed E-state index contributed by atoms with van der Waals surface area (Å²) in [6, 6.07) is 10.1. The molecule has 0 spiro atoms. The molecule has 2 aromatic rings. The Morgan fingerprint density at radius 3 is 2.78 bits per heavy atom. The number of benzene rings is 1. The molecule has 0 bridgehead atoms. The summed E-state index contributed by atoms with van der Waals surface area (Å²) in [4.78, 5) is 8.32. The van der Waals surface area contributed by atoms with Gasteiger partial charge in [-0.2, -0.15) is 4.98 Å². The van der Waals surface area contributed by atoms with Crippen molar-refractivity contribution in [2.24, 2.45) is 0 Å². The molecule has 1 aliphatic heterocycles. The predicted molar refractivity (Wildman–Crippen MR) is 72.5 cm³/mol. The number of nitrogens with zero attached hydrogens (tertiary/aromatic N) is 2. The van der Waals surface area contributed by atoms with Gasteiger partial charge in [0.25, 0.3) is 0 Å². The number of fused-ring (bicyclic) bond motifs is 1. The normalized spacial score (nSPS) is 13.3. The van der Waals surface area contributed by atoms with E-state index in [9.17, 15) is 0 Å². The fourth-order valence-corrected chi connectivity index (χ4v) is 2.53. The lowest BCUT2D eigenvalue weighted by atomic mass is 10.2. The molecule has 90 valence electrons. The Kier molecular flexibility index (Phi) is 2.90. The Balaban J connectivity index is 1.98. The van der Waals surface area contributed by atoms with Crippen LogP contribution < -0.4 is 10.1 Å². The molecule has 0 saturated carbocycles. The lowest BCUT2D eigenvalue weighted by molar-refractivity contribution is 0.397. The molecule has 0 atom stereocenters. The zero-order chi connectivity index (χ0) is 12.4. The first-order chi connectivity index (χ1) is 8.88. The molecule has 0 radical (unpaired) electrons. The van der Waals surface area contributed by atoms with Crippen LogP contribution in [0.25, 0.3) is 5.70 Å². The van der Waals surface area contributed by atoms with E-state index in [1.165, 1.54) is 6.33 Å². The summed E-state index contributed by atoms with van der Waals surface area (Å²) >= 11 is 1.57. The van der Waals surface area contributed by atoms with Crippen molar-refractivity contribution in [1.82, 2.24) is 9.97 Å². The molecule has 1 aromatic carbocycles. The van der Waals surface area contributed by atoms with Crippen LogP contribution in [0.2, 0.25) is 0 Å². The third kappa shape index (κ3) is 1.93. The molecule has 0 amide bonds. The minimum atomic E-state index is 0.564. The molecule has 3 rings (SSSR count). The molecular weight excluding hydrogens is 246 g/mol. The van der Waals surface area contributed by atoms with Gasteiger partial charge in [-0.05, 0) is 5.56 Å². The van der Waals surface area contributed by atoms with Crippen molar-refractivity contribution < 1.29 is 4.74 Å². The van der Waals surface area contributed by atoms with Crippen molar-refractivity contribution in [1.29, 1.82) is 0 Å². The smallest absolute Gasteiger partial charge is 0.241 e. The number of methoxy groups -OCH3 is 1. The summed E-state index contributed by atoms with van der Waals surface area (Å²) in [5, 5.41) is 6.25. The molecule has 1 aromatic heterocycles. The van der Waals surface area contributed by atoms with Crippen LogP contribution in [0.5, 0.6) is 5.88 Å². The maximum atomic E-state index is 5.24. The molecule has 18 heavy (non-hydrogen) atoms. The monoisotopic (exact) mass is 257 g/mol. The molecule has 5 heteroatoms. The highest BCUT2D eigenvalue weighted by Gasteiger charge is 2.18. The first-order valence-corrected chi connectivity index (χ1v) is 6.34. The van der Waals surface area contributed by atoms with Crippen LogP contribution in [0.1, 0.15) is 5.56 Å². The van der Waals surface area contributed by atoms with Gasteiger partial charge in [-0.25, -0.2) is 4.98 Å². The Labute approximate surface area is 109 Å². The van der Waals surface area contributed by atoms with Gasteiger partial charge in [-0.3, -0.25) is 0 Å². The van der Waals surface area contributed by atoms with Crippen molar-refractivity contribution in [3.63, 3.8) is 0 Å². The van der Waals surface area contributed by atoms with Crippen molar-refractivity contribution in [2.45, 2.75) is 5.03 Å². The van der Waals surface area contributed by atoms with E-state index in [-0.39, 0.29) is 0 Å². The van der Waals surface area contributed by atoms with E-state index in [2.05, 4.69) is 27.4 Å². The van der Waals surface area contributed by atoms with E-state index in [1.54, 1.807) is 18.9 Å². The van der Waals surface area contributed by atoms with Gasteiger partial charge in [0.15, 0.2) is 0 Å². The highest BCUT2D eigenvalue weighted by molar-refractivity contribution is 8.02. The van der Waals surface area contributed by atoms with Gasteiger partial charge in [0.1, 0.15) is 17.0 Å². The van der Waals surface area contributed by atoms with Gasteiger partial charge in [-0.1, -0.05) is 42.1 Å². The first-order valence-electron chi connectivity index (χ1n) is 5.47. The lowest BCUT2D eigenvalue weighted by Crippen LogP contribution is -2.07. The van der Waals surface area contributed by atoms with Crippen LogP contribution in [-0.2, 0) is 0 Å². The van der Waals surface area contributed by atoms with Gasteiger partial charge in [-0.15, -0.1) is 0 Å². The van der Waals surface area contributed by atoms with Crippen molar-refractivity contribution in [3.8, 4) is 5.88 Å². The fourth-order valence-electron chi connectivity index (χ4n) is 1.74. The topological polar surface area (TPSA) is 47.0 Å². The van der Waals surface area contributed by atoms with E-state index in [0.29, 0.717) is 5.88 Å². The van der Waals surface area contributed by atoms with Gasteiger partial charge in [0.2, 0.25) is 5.88 Å². The maximum Gasteiger partial charge on any atom is 0.241 e. The Morgan fingerprint density at radius 1 is 1.17 bits per heavy atom. The summed E-state index contributed by atoms with van der Waals surface area (Å²) in [6.07, 6.45) is 1.51. The zero-order valence-electron chi connectivity index (χ0n) is 9.75. The summed E-state index contributed by atoms with van der Waals surface area (Å²) in [6.45, 7) is 0. The van der Waals surface area contributed by atoms with Crippen molar-refractivity contribution in [2.75, 3.05) is 12.4 Å². The number of ether oxygens (including phenoxy) is 1. The number of thioether (sulfide) groups is 1. The number of aromatic nitrogens is 2. The third-order valence-electron chi connectivity index (χ3n) is 2.60. The highest BCUT2D eigenvalue weighted by Crippen LogP contribution is 2.39. The average molecular weight is 257 g/mol. The van der Waals surface area contributed by atoms with Gasteiger partial charge in [0.05, 0.1) is 12.8 Å². The standard InChI is InChI=1S/C13H11N3OS/c1-17-12-11-13(15-8-14-12)18-7-10(16-11)9-5-3-2-4-6-9/h2-8,16H,1H3. The van der Waals surface area contributed by atoms with Crippen molar-refractivity contribution in [3.05, 3.63) is 47.6 Å². The molecule has 4 nitrogen and oxygen atoms in total. The van der Waals surface area contributed by atoms with E-state index in [1.807, 2.05) is 23.6 Å². The molecule has 0 aliphatic carbocycles. The number of nitrogens with one attached hydrogen (secondary N) is 1. The largest absolute Gasteiger partial charge is 0.479 e. The van der Waals surface area contributed by atoms with E-state index < -0.39 is 0 Å². The second-order valence-electron chi connectivity index (χ2n) is 3.70. The zero-order valence-corrected chi connectivity index (χ0v) is 10.6. The second-order valence-corrected chi connectivity index (χ2v) is 4.56. The van der Waals surface area contributed by atoms with Crippen LogP contribution in [-0.4, -0.2) is 17.1 Å². The van der Waals surface area contributed by atoms with E-state index >= 15 is 0 Å². The lowest BCUT2D eigenvalue weighted by Gasteiger charge is -2.19. The van der Waals surface area contributed by atoms with Crippen molar-refractivity contribution >= 4 is 23.1 Å². The number of hydrogen-bond acceptors (Lipinski definition) is 5. The van der Waals surface area contributed by atoms with Crippen LogP contribution in [0.3, 0.4) is 0 Å². The maximum absolute atomic E-state index is 5.24. The molecule has 0 saturated heterocycles. The van der Waals surface area contributed by atoms with Crippen LogP contribution in [0.4, 0.5) is 5.69 Å². The van der Waals surface area contributed by atoms with Gasteiger partial charge >= 0.3 is 0 Å². The molecule has 0 unspecified atom stereocenters.